The molecular formula is C16H22. The van der Waals surface area contributed by atoms with Crippen LogP contribution in [0.1, 0.15) is 48.4 Å². The SMILES string of the molecule is CCCC#CCCc1c(C)cc(C)cc1C. The molecule has 1 aromatic carbocycles. The molecule has 0 spiro atoms. The van der Waals surface area contributed by atoms with Crippen molar-refractivity contribution in [2.24, 2.45) is 0 Å². The Balaban J connectivity index is 2.65. The van der Waals surface area contributed by atoms with E-state index in [9.17, 15) is 0 Å². The summed E-state index contributed by atoms with van der Waals surface area (Å²) in [5, 5.41) is 0. The average Bonchev–Trinajstić information content (AvgIpc) is 2.20. The van der Waals surface area contributed by atoms with Crippen LogP contribution >= 0.6 is 0 Å². The molecule has 86 valence electrons. The molecule has 0 atom stereocenters. The second-order valence-corrected chi connectivity index (χ2v) is 4.48. The molecule has 0 nitrogen and oxygen atoms in total. The normalized spacial score (nSPS) is 9.75. The maximum atomic E-state index is 3.25. The highest BCUT2D eigenvalue weighted by Gasteiger charge is 2.02. The van der Waals surface area contributed by atoms with Crippen LogP contribution in [0.25, 0.3) is 0 Å². The first-order chi connectivity index (χ1) is 7.65. The lowest BCUT2D eigenvalue weighted by Crippen LogP contribution is -1.94. The summed E-state index contributed by atoms with van der Waals surface area (Å²) in [4.78, 5) is 0. The Morgan fingerprint density at radius 2 is 1.50 bits per heavy atom. The van der Waals surface area contributed by atoms with Crippen molar-refractivity contribution in [1.82, 2.24) is 0 Å². The van der Waals surface area contributed by atoms with Crippen molar-refractivity contribution in [2.45, 2.75) is 53.4 Å². The highest BCUT2D eigenvalue weighted by Crippen LogP contribution is 2.17. The van der Waals surface area contributed by atoms with Gasteiger partial charge in [-0.05, 0) is 50.3 Å². The van der Waals surface area contributed by atoms with E-state index in [4.69, 9.17) is 0 Å². The molecule has 0 fully saturated rings. The summed E-state index contributed by atoms with van der Waals surface area (Å²) in [7, 11) is 0. The first-order valence-electron chi connectivity index (χ1n) is 6.17. The third kappa shape index (κ3) is 3.74. The van der Waals surface area contributed by atoms with Crippen molar-refractivity contribution < 1.29 is 0 Å². The van der Waals surface area contributed by atoms with Crippen molar-refractivity contribution >= 4 is 0 Å². The quantitative estimate of drug-likeness (QED) is 0.656. The molecule has 0 aliphatic heterocycles. The lowest BCUT2D eigenvalue weighted by molar-refractivity contribution is 0.966. The second-order valence-electron chi connectivity index (χ2n) is 4.48. The third-order valence-corrected chi connectivity index (χ3v) is 2.84. The summed E-state index contributed by atoms with van der Waals surface area (Å²) in [6.45, 7) is 8.73. The molecule has 0 bridgehead atoms. The van der Waals surface area contributed by atoms with Gasteiger partial charge in [-0.15, -0.1) is 11.8 Å². The Bertz CT molecular complexity index is 379. The summed E-state index contributed by atoms with van der Waals surface area (Å²) in [6.07, 6.45) is 4.28. The number of unbranched alkanes of at least 4 members (excludes halogenated alkanes) is 1. The summed E-state index contributed by atoms with van der Waals surface area (Å²) < 4.78 is 0. The van der Waals surface area contributed by atoms with Gasteiger partial charge < -0.3 is 0 Å². The number of aryl methyl sites for hydroxylation is 3. The average molecular weight is 214 g/mol. The van der Waals surface area contributed by atoms with Gasteiger partial charge in [0.15, 0.2) is 0 Å². The topological polar surface area (TPSA) is 0 Å². The van der Waals surface area contributed by atoms with Crippen LogP contribution in [0.15, 0.2) is 12.1 Å². The van der Waals surface area contributed by atoms with Gasteiger partial charge in [-0.3, -0.25) is 0 Å². The maximum absolute atomic E-state index is 3.25. The highest BCUT2D eigenvalue weighted by atomic mass is 14.1. The van der Waals surface area contributed by atoms with E-state index in [2.05, 4.69) is 51.7 Å². The van der Waals surface area contributed by atoms with E-state index in [1.165, 1.54) is 22.3 Å². The second kappa shape index (κ2) is 6.38. The number of hydrogen-bond donors (Lipinski definition) is 0. The minimum absolute atomic E-state index is 0.991. The van der Waals surface area contributed by atoms with E-state index in [1.807, 2.05) is 0 Å². The minimum Gasteiger partial charge on any atom is -0.103 e. The number of hydrogen-bond acceptors (Lipinski definition) is 0. The van der Waals surface area contributed by atoms with E-state index in [0.717, 1.165) is 25.7 Å². The van der Waals surface area contributed by atoms with E-state index in [-0.39, 0.29) is 0 Å². The van der Waals surface area contributed by atoms with Gasteiger partial charge in [0.2, 0.25) is 0 Å². The Kier molecular flexibility index (Phi) is 5.12. The lowest BCUT2D eigenvalue weighted by Gasteiger charge is -2.09. The fourth-order valence-electron chi connectivity index (χ4n) is 2.09. The van der Waals surface area contributed by atoms with Gasteiger partial charge in [0.05, 0.1) is 0 Å². The molecule has 0 aromatic heterocycles. The Labute approximate surface area is 100 Å². The van der Waals surface area contributed by atoms with Crippen molar-refractivity contribution in [3.05, 3.63) is 34.4 Å². The largest absolute Gasteiger partial charge is 0.103 e. The standard InChI is InChI=1S/C16H22/c1-5-6-7-8-9-10-16-14(3)11-13(2)12-15(16)4/h11-12H,5-6,9-10H2,1-4H3. The molecule has 0 saturated carbocycles. The molecule has 0 saturated heterocycles. The molecule has 16 heavy (non-hydrogen) atoms. The van der Waals surface area contributed by atoms with Crippen LogP contribution in [-0.2, 0) is 6.42 Å². The van der Waals surface area contributed by atoms with Gasteiger partial charge in [-0.1, -0.05) is 24.6 Å². The van der Waals surface area contributed by atoms with Gasteiger partial charge in [0, 0.05) is 12.8 Å². The number of rotatable bonds is 3. The molecule has 0 unspecified atom stereocenters. The molecule has 0 heteroatoms. The van der Waals surface area contributed by atoms with Crippen LogP contribution in [0.3, 0.4) is 0 Å². The van der Waals surface area contributed by atoms with E-state index in [1.54, 1.807) is 0 Å². The summed E-state index contributed by atoms with van der Waals surface area (Å²) in [6, 6.07) is 4.53. The maximum Gasteiger partial charge on any atom is 0.0129 e. The summed E-state index contributed by atoms with van der Waals surface area (Å²) in [5.74, 6) is 6.46. The van der Waals surface area contributed by atoms with Crippen molar-refractivity contribution in [1.29, 1.82) is 0 Å². The van der Waals surface area contributed by atoms with Crippen LogP contribution in [0.5, 0.6) is 0 Å². The van der Waals surface area contributed by atoms with Crippen molar-refractivity contribution in [3.63, 3.8) is 0 Å². The van der Waals surface area contributed by atoms with Crippen LogP contribution in [-0.4, -0.2) is 0 Å². The van der Waals surface area contributed by atoms with E-state index in [0.29, 0.717) is 0 Å². The highest BCUT2D eigenvalue weighted by molar-refractivity contribution is 5.37. The Morgan fingerprint density at radius 1 is 0.938 bits per heavy atom. The van der Waals surface area contributed by atoms with Crippen LogP contribution in [0.2, 0.25) is 0 Å². The van der Waals surface area contributed by atoms with Gasteiger partial charge in [-0.2, -0.15) is 0 Å². The predicted octanol–water partition coefficient (Wildman–Crippen LogP) is 4.35. The zero-order valence-electron chi connectivity index (χ0n) is 11.0. The first kappa shape index (κ1) is 12.8. The molecular weight excluding hydrogens is 192 g/mol. The Morgan fingerprint density at radius 3 is 2.06 bits per heavy atom. The van der Waals surface area contributed by atoms with Gasteiger partial charge in [0.25, 0.3) is 0 Å². The fourth-order valence-corrected chi connectivity index (χ4v) is 2.09. The molecule has 0 aliphatic carbocycles. The van der Waals surface area contributed by atoms with Crippen molar-refractivity contribution in [2.75, 3.05) is 0 Å². The summed E-state index contributed by atoms with van der Waals surface area (Å²) >= 11 is 0. The van der Waals surface area contributed by atoms with Gasteiger partial charge in [-0.25, -0.2) is 0 Å². The van der Waals surface area contributed by atoms with Gasteiger partial charge in [0.1, 0.15) is 0 Å². The van der Waals surface area contributed by atoms with Crippen molar-refractivity contribution in [3.8, 4) is 11.8 Å². The van der Waals surface area contributed by atoms with E-state index < -0.39 is 0 Å². The molecule has 1 rings (SSSR count). The molecule has 0 aliphatic rings. The number of benzene rings is 1. The van der Waals surface area contributed by atoms with Gasteiger partial charge >= 0.3 is 0 Å². The van der Waals surface area contributed by atoms with Crippen LogP contribution in [0.4, 0.5) is 0 Å². The molecule has 0 heterocycles. The first-order valence-corrected chi connectivity index (χ1v) is 6.17. The lowest BCUT2D eigenvalue weighted by atomic mass is 9.96. The molecule has 1 aromatic rings. The molecule has 0 N–H and O–H groups in total. The van der Waals surface area contributed by atoms with Crippen LogP contribution < -0.4 is 0 Å². The predicted molar refractivity (Wildman–Crippen MR) is 71.7 cm³/mol. The van der Waals surface area contributed by atoms with E-state index >= 15 is 0 Å². The zero-order chi connectivity index (χ0) is 12.0. The molecule has 0 amide bonds. The molecule has 0 radical (unpaired) electrons. The van der Waals surface area contributed by atoms with Crippen LogP contribution in [0, 0.1) is 32.6 Å². The monoisotopic (exact) mass is 214 g/mol. The fraction of sp³-hybridized carbons (Fsp3) is 0.500. The summed E-state index contributed by atoms with van der Waals surface area (Å²) in [5.41, 5.74) is 5.66. The Hall–Kier alpha value is -1.22. The zero-order valence-corrected chi connectivity index (χ0v) is 11.0. The smallest absolute Gasteiger partial charge is 0.0129 e. The third-order valence-electron chi connectivity index (χ3n) is 2.84. The minimum atomic E-state index is 0.991.